The number of halogens is 2. The molecule has 116 valence electrons. The normalized spacial score (nSPS) is 10.4. The summed E-state index contributed by atoms with van der Waals surface area (Å²) in [5.41, 5.74) is 3.93. The molecule has 0 bridgehead atoms. The van der Waals surface area contributed by atoms with Crippen molar-refractivity contribution < 1.29 is 4.79 Å². The summed E-state index contributed by atoms with van der Waals surface area (Å²) in [5, 5.41) is 6.81. The van der Waals surface area contributed by atoms with Crippen molar-refractivity contribution in [3.63, 3.8) is 0 Å². The van der Waals surface area contributed by atoms with E-state index in [1.54, 1.807) is 6.07 Å². The summed E-state index contributed by atoms with van der Waals surface area (Å²) in [6.45, 7) is 4.54. The first-order valence-corrected chi connectivity index (χ1v) is 8.19. The number of amides is 1. The van der Waals surface area contributed by atoms with Crippen molar-refractivity contribution in [3.05, 3.63) is 57.0 Å². The summed E-state index contributed by atoms with van der Waals surface area (Å²) in [6, 6.07) is 11.5. The van der Waals surface area contributed by atoms with Gasteiger partial charge in [-0.25, -0.2) is 0 Å². The Morgan fingerprint density at radius 3 is 2.59 bits per heavy atom. The smallest absolute Gasteiger partial charge is 0.226 e. The summed E-state index contributed by atoms with van der Waals surface area (Å²) >= 11 is 9.40. The lowest BCUT2D eigenvalue weighted by molar-refractivity contribution is -0.115. The van der Waals surface area contributed by atoms with E-state index in [0.29, 0.717) is 18.0 Å². The number of benzene rings is 2. The summed E-state index contributed by atoms with van der Waals surface area (Å²) in [5.74, 6) is -0.0240. The van der Waals surface area contributed by atoms with Gasteiger partial charge in [0.25, 0.3) is 0 Å². The van der Waals surface area contributed by atoms with Gasteiger partial charge in [-0.1, -0.05) is 33.6 Å². The van der Waals surface area contributed by atoms with E-state index in [1.165, 1.54) is 5.56 Å². The second-order valence-electron chi connectivity index (χ2n) is 5.15. The molecular formula is C17H18BrClN2O. The first-order valence-electron chi connectivity index (χ1n) is 7.02. The van der Waals surface area contributed by atoms with Crippen LogP contribution in [0.2, 0.25) is 5.02 Å². The molecule has 1 amide bonds. The van der Waals surface area contributed by atoms with Crippen LogP contribution in [0.15, 0.2) is 40.9 Å². The number of aryl methyl sites for hydroxylation is 2. The Morgan fingerprint density at radius 1 is 1.14 bits per heavy atom. The summed E-state index contributed by atoms with van der Waals surface area (Å²) < 4.78 is 1.05. The molecule has 5 heteroatoms. The molecule has 2 aromatic rings. The monoisotopic (exact) mass is 380 g/mol. The van der Waals surface area contributed by atoms with Crippen molar-refractivity contribution in [2.75, 3.05) is 17.2 Å². The van der Waals surface area contributed by atoms with Gasteiger partial charge in [0.2, 0.25) is 5.91 Å². The van der Waals surface area contributed by atoms with Gasteiger partial charge in [-0.3, -0.25) is 4.79 Å². The van der Waals surface area contributed by atoms with Gasteiger partial charge in [0.15, 0.2) is 0 Å². The lowest BCUT2D eigenvalue weighted by atomic mass is 10.2. The summed E-state index contributed by atoms with van der Waals surface area (Å²) in [6.07, 6.45) is 0.396. The molecule has 0 unspecified atom stereocenters. The van der Waals surface area contributed by atoms with E-state index in [9.17, 15) is 4.79 Å². The van der Waals surface area contributed by atoms with Gasteiger partial charge < -0.3 is 10.6 Å². The molecule has 0 spiro atoms. The maximum Gasteiger partial charge on any atom is 0.226 e. The minimum atomic E-state index is -0.0240. The number of rotatable bonds is 5. The highest BCUT2D eigenvalue weighted by atomic mass is 79.9. The highest BCUT2D eigenvalue weighted by molar-refractivity contribution is 9.10. The number of hydrogen-bond acceptors (Lipinski definition) is 2. The predicted octanol–water partition coefficient (Wildman–Crippen LogP) is 5.16. The van der Waals surface area contributed by atoms with Gasteiger partial charge >= 0.3 is 0 Å². The average molecular weight is 382 g/mol. The Balaban J connectivity index is 1.83. The molecule has 0 saturated carbocycles. The summed E-state index contributed by atoms with van der Waals surface area (Å²) in [4.78, 5) is 12.0. The van der Waals surface area contributed by atoms with E-state index in [2.05, 4.69) is 26.6 Å². The number of nitrogens with one attached hydrogen (secondary N) is 2. The van der Waals surface area contributed by atoms with Crippen molar-refractivity contribution in [1.82, 2.24) is 0 Å². The van der Waals surface area contributed by atoms with Crippen LogP contribution < -0.4 is 10.6 Å². The number of hydrogen-bond donors (Lipinski definition) is 2. The largest absolute Gasteiger partial charge is 0.384 e. The van der Waals surface area contributed by atoms with Crippen LogP contribution in [-0.4, -0.2) is 12.5 Å². The zero-order valence-corrected chi connectivity index (χ0v) is 14.9. The van der Waals surface area contributed by atoms with Crippen LogP contribution in [0.25, 0.3) is 0 Å². The highest BCUT2D eigenvalue weighted by Gasteiger charge is 2.05. The van der Waals surface area contributed by atoms with E-state index < -0.39 is 0 Å². The first-order chi connectivity index (χ1) is 10.5. The molecule has 2 rings (SSSR count). The van der Waals surface area contributed by atoms with Gasteiger partial charge in [-0.15, -0.1) is 0 Å². The average Bonchev–Trinajstić information content (AvgIpc) is 2.46. The highest BCUT2D eigenvalue weighted by Crippen LogP contribution is 2.21. The molecule has 0 atom stereocenters. The second-order valence-corrected chi connectivity index (χ2v) is 6.44. The van der Waals surface area contributed by atoms with E-state index in [4.69, 9.17) is 11.6 Å². The van der Waals surface area contributed by atoms with Gasteiger partial charge in [-0.2, -0.15) is 0 Å². The van der Waals surface area contributed by atoms with Crippen molar-refractivity contribution in [2.45, 2.75) is 20.3 Å². The van der Waals surface area contributed by atoms with Crippen LogP contribution in [0.4, 0.5) is 11.4 Å². The molecule has 2 N–H and O–H groups in total. The van der Waals surface area contributed by atoms with Crippen molar-refractivity contribution >= 4 is 44.8 Å². The SMILES string of the molecule is Cc1ccc(NCCC(=O)Nc2ccc(Cl)cc2C)cc1Br. The van der Waals surface area contributed by atoms with Crippen LogP contribution >= 0.6 is 27.5 Å². The van der Waals surface area contributed by atoms with Crippen LogP contribution in [0, 0.1) is 13.8 Å². The Hall–Kier alpha value is -1.52. The lowest BCUT2D eigenvalue weighted by Crippen LogP contribution is -2.16. The third-order valence-corrected chi connectivity index (χ3v) is 4.40. The molecule has 2 aromatic carbocycles. The lowest BCUT2D eigenvalue weighted by Gasteiger charge is -2.10. The molecule has 22 heavy (non-hydrogen) atoms. The number of anilines is 2. The van der Waals surface area contributed by atoms with E-state index >= 15 is 0 Å². The third kappa shape index (κ3) is 4.75. The van der Waals surface area contributed by atoms with Crippen molar-refractivity contribution in [1.29, 1.82) is 0 Å². The van der Waals surface area contributed by atoms with Crippen molar-refractivity contribution in [3.8, 4) is 0 Å². The zero-order chi connectivity index (χ0) is 16.1. The molecule has 0 aliphatic carbocycles. The fourth-order valence-corrected chi connectivity index (χ4v) is 2.61. The molecule has 0 saturated heterocycles. The van der Waals surface area contributed by atoms with Crippen LogP contribution in [0.1, 0.15) is 17.5 Å². The number of carbonyl (C=O) groups is 1. The quantitative estimate of drug-likeness (QED) is 0.751. The Labute approximate surface area is 144 Å². The topological polar surface area (TPSA) is 41.1 Å². The van der Waals surface area contributed by atoms with Crippen LogP contribution in [0.3, 0.4) is 0 Å². The first kappa shape index (κ1) is 16.8. The summed E-state index contributed by atoms with van der Waals surface area (Å²) in [7, 11) is 0. The Morgan fingerprint density at radius 2 is 1.91 bits per heavy atom. The molecule has 0 radical (unpaired) electrons. The van der Waals surface area contributed by atoms with Crippen molar-refractivity contribution in [2.24, 2.45) is 0 Å². The maximum atomic E-state index is 12.0. The van der Waals surface area contributed by atoms with Crippen LogP contribution in [0.5, 0.6) is 0 Å². The molecule has 0 fully saturated rings. The van der Waals surface area contributed by atoms with E-state index in [-0.39, 0.29) is 5.91 Å². The third-order valence-electron chi connectivity index (χ3n) is 3.32. The molecule has 0 aliphatic rings. The minimum absolute atomic E-state index is 0.0240. The number of carbonyl (C=O) groups excluding carboxylic acids is 1. The molecule has 0 aromatic heterocycles. The molecule has 0 aliphatic heterocycles. The van der Waals surface area contributed by atoms with Gasteiger partial charge in [0, 0.05) is 33.8 Å². The zero-order valence-electron chi connectivity index (χ0n) is 12.5. The van der Waals surface area contributed by atoms with Gasteiger partial charge in [-0.05, 0) is 55.3 Å². The Kier molecular flexibility index (Phi) is 5.86. The van der Waals surface area contributed by atoms with E-state index in [0.717, 1.165) is 21.4 Å². The fourth-order valence-electron chi connectivity index (χ4n) is 2.00. The molecule has 3 nitrogen and oxygen atoms in total. The van der Waals surface area contributed by atoms with E-state index in [1.807, 2.05) is 44.2 Å². The van der Waals surface area contributed by atoms with Gasteiger partial charge in [0.05, 0.1) is 0 Å². The fraction of sp³-hybridized carbons (Fsp3) is 0.235. The molecule has 0 heterocycles. The van der Waals surface area contributed by atoms with Gasteiger partial charge in [0.1, 0.15) is 0 Å². The molecular weight excluding hydrogens is 364 g/mol. The minimum Gasteiger partial charge on any atom is -0.384 e. The Bertz CT molecular complexity index is 688. The standard InChI is InChI=1S/C17H18BrClN2O/c1-11-3-5-14(10-15(11)18)20-8-7-17(22)21-16-6-4-13(19)9-12(16)2/h3-6,9-10,20H,7-8H2,1-2H3,(H,21,22). The predicted molar refractivity (Wildman–Crippen MR) is 96.8 cm³/mol. The second kappa shape index (κ2) is 7.65. The van der Waals surface area contributed by atoms with Crippen LogP contribution in [-0.2, 0) is 4.79 Å². The maximum absolute atomic E-state index is 12.0.